The van der Waals surface area contributed by atoms with Gasteiger partial charge in [-0.05, 0) is 43.2 Å². The van der Waals surface area contributed by atoms with Crippen LogP contribution in [0.3, 0.4) is 0 Å². The van der Waals surface area contributed by atoms with E-state index in [1.807, 2.05) is 47.2 Å². The third kappa shape index (κ3) is 4.66. The Morgan fingerprint density at radius 1 is 1.16 bits per heavy atom. The van der Waals surface area contributed by atoms with E-state index >= 15 is 0 Å². The quantitative estimate of drug-likeness (QED) is 0.723. The standard InChI is InChI=1S/C24H33N5O2/c1-18-10-23(2,3)16-24(11-18)21(30)29(22(31)26-24)17-27(4)13-20-12-25-28(15-20)14-19-8-6-5-7-9-19/h5-9,12,15,18H,10-11,13-14,16-17H2,1-4H3,(H,26,31)/t18-,24+/m0/s1. The van der Waals surface area contributed by atoms with Gasteiger partial charge < -0.3 is 5.32 Å². The van der Waals surface area contributed by atoms with Crippen molar-refractivity contribution in [2.24, 2.45) is 11.3 Å². The lowest BCUT2D eigenvalue weighted by molar-refractivity contribution is -0.136. The largest absolute Gasteiger partial charge is 0.326 e. The summed E-state index contributed by atoms with van der Waals surface area (Å²) in [5.41, 5.74) is 1.53. The highest BCUT2D eigenvalue weighted by Crippen LogP contribution is 2.46. The highest BCUT2D eigenvalue weighted by molar-refractivity contribution is 6.07. The van der Waals surface area contributed by atoms with Crippen LogP contribution in [0, 0.1) is 11.3 Å². The first-order chi connectivity index (χ1) is 14.7. The van der Waals surface area contributed by atoms with Crippen molar-refractivity contribution in [3.05, 3.63) is 53.9 Å². The zero-order valence-corrected chi connectivity index (χ0v) is 19.0. The van der Waals surface area contributed by atoms with E-state index in [2.05, 4.69) is 43.3 Å². The number of amides is 3. The summed E-state index contributed by atoms with van der Waals surface area (Å²) in [6.07, 6.45) is 6.35. The van der Waals surface area contributed by atoms with Gasteiger partial charge in [0.2, 0.25) is 0 Å². The second-order valence-electron chi connectivity index (χ2n) is 10.3. The summed E-state index contributed by atoms with van der Waals surface area (Å²) in [6, 6.07) is 9.92. The number of benzene rings is 1. The molecule has 2 atom stereocenters. The number of hydrogen-bond acceptors (Lipinski definition) is 4. The number of urea groups is 1. The highest BCUT2D eigenvalue weighted by Gasteiger charge is 2.56. The maximum atomic E-state index is 13.3. The van der Waals surface area contributed by atoms with E-state index in [4.69, 9.17) is 0 Å². The van der Waals surface area contributed by atoms with Gasteiger partial charge in [0.25, 0.3) is 5.91 Å². The first-order valence-electron chi connectivity index (χ1n) is 11.0. The number of rotatable bonds is 6. The van der Waals surface area contributed by atoms with E-state index in [1.54, 1.807) is 0 Å². The molecule has 2 heterocycles. The number of nitrogens with one attached hydrogen (secondary N) is 1. The predicted octanol–water partition coefficient (Wildman–Crippen LogP) is 3.46. The Balaban J connectivity index is 1.38. The van der Waals surface area contributed by atoms with Gasteiger partial charge in [0, 0.05) is 18.3 Å². The van der Waals surface area contributed by atoms with Gasteiger partial charge in [-0.1, -0.05) is 51.1 Å². The summed E-state index contributed by atoms with van der Waals surface area (Å²) in [4.78, 5) is 29.4. The number of nitrogens with zero attached hydrogens (tertiary/aromatic N) is 4. The molecule has 1 aliphatic carbocycles. The molecule has 7 nitrogen and oxygen atoms in total. The van der Waals surface area contributed by atoms with E-state index in [0.29, 0.717) is 31.8 Å². The van der Waals surface area contributed by atoms with Crippen LogP contribution in [0.1, 0.15) is 51.2 Å². The normalized spacial score (nSPS) is 25.5. The van der Waals surface area contributed by atoms with Crippen LogP contribution in [0.4, 0.5) is 4.79 Å². The Kier molecular flexibility index (Phi) is 5.64. The third-order valence-electron chi connectivity index (χ3n) is 6.33. The molecule has 4 rings (SSSR count). The summed E-state index contributed by atoms with van der Waals surface area (Å²) in [7, 11) is 1.92. The molecule has 2 aromatic rings. The summed E-state index contributed by atoms with van der Waals surface area (Å²) in [5.74, 6) is 0.324. The molecule has 0 radical (unpaired) electrons. The van der Waals surface area contributed by atoms with E-state index in [-0.39, 0.29) is 24.0 Å². The maximum absolute atomic E-state index is 13.3. The fraction of sp³-hybridized carbons (Fsp3) is 0.542. The molecule has 0 unspecified atom stereocenters. The second kappa shape index (κ2) is 8.11. The van der Waals surface area contributed by atoms with E-state index in [1.165, 1.54) is 10.5 Å². The molecular weight excluding hydrogens is 390 g/mol. The molecule has 0 bridgehead atoms. The molecule has 166 valence electrons. The average molecular weight is 424 g/mol. The zero-order valence-electron chi connectivity index (χ0n) is 19.0. The molecule has 1 aliphatic heterocycles. The molecule has 1 aromatic carbocycles. The molecule has 1 aromatic heterocycles. The molecule has 31 heavy (non-hydrogen) atoms. The number of carbonyl (C=O) groups excluding carboxylic acids is 2. The molecule has 7 heteroatoms. The zero-order chi connectivity index (χ0) is 22.2. The minimum Gasteiger partial charge on any atom is -0.323 e. The van der Waals surface area contributed by atoms with Crippen LogP contribution in [-0.4, -0.2) is 50.8 Å². The number of hydrogen-bond donors (Lipinski definition) is 1. The average Bonchev–Trinajstić information content (AvgIpc) is 3.18. The van der Waals surface area contributed by atoms with Crippen LogP contribution in [0.2, 0.25) is 0 Å². The Bertz CT molecular complexity index is 954. The van der Waals surface area contributed by atoms with Crippen molar-refractivity contribution in [1.29, 1.82) is 0 Å². The van der Waals surface area contributed by atoms with Crippen LogP contribution < -0.4 is 5.32 Å². The minimum atomic E-state index is -0.750. The monoisotopic (exact) mass is 423 g/mol. The van der Waals surface area contributed by atoms with Crippen molar-refractivity contribution in [1.82, 2.24) is 24.9 Å². The lowest BCUT2D eigenvalue weighted by Gasteiger charge is -2.43. The summed E-state index contributed by atoms with van der Waals surface area (Å²) < 4.78 is 1.91. The minimum absolute atomic E-state index is 0.0376. The molecule has 2 fully saturated rings. The van der Waals surface area contributed by atoms with Gasteiger partial charge >= 0.3 is 6.03 Å². The molecular formula is C24H33N5O2. The molecule has 1 N–H and O–H groups in total. The summed E-state index contributed by atoms with van der Waals surface area (Å²) in [5, 5.41) is 7.50. The van der Waals surface area contributed by atoms with Crippen LogP contribution in [0.5, 0.6) is 0 Å². The lowest BCUT2D eigenvalue weighted by atomic mass is 9.64. The van der Waals surface area contributed by atoms with Crippen LogP contribution in [-0.2, 0) is 17.9 Å². The van der Waals surface area contributed by atoms with Gasteiger partial charge in [-0.2, -0.15) is 5.10 Å². The Morgan fingerprint density at radius 3 is 2.61 bits per heavy atom. The van der Waals surface area contributed by atoms with Crippen LogP contribution >= 0.6 is 0 Å². The van der Waals surface area contributed by atoms with Gasteiger partial charge in [-0.3, -0.25) is 14.4 Å². The maximum Gasteiger partial charge on any atom is 0.326 e. The smallest absolute Gasteiger partial charge is 0.323 e. The number of aromatic nitrogens is 2. The van der Waals surface area contributed by atoms with Crippen molar-refractivity contribution in [2.75, 3.05) is 13.7 Å². The van der Waals surface area contributed by atoms with E-state index in [9.17, 15) is 9.59 Å². The lowest BCUT2D eigenvalue weighted by Crippen LogP contribution is -2.54. The Hall–Kier alpha value is -2.67. The van der Waals surface area contributed by atoms with Crippen molar-refractivity contribution < 1.29 is 9.59 Å². The third-order valence-corrected chi connectivity index (χ3v) is 6.33. The van der Waals surface area contributed by atoms with E-state index < -0.39 is 5.54 Å². The number of imide groups is 1. The molecule has 1 spiro atoms. The van der Waals surface area contributed by atoms with Gasteiger partial charge in [-0.25, -0.2) is 9.69 Å². The summed E-state index contributed by atoms with van der Waals surface area (Å²) in [6.45, 7) is 8.14. The molecule has 2 aliphatic rings. The topological polar surface area (TPSA) is 70.5 Å². The van der Waals surface area contributed by atoms with E-state index in [0.717, 1.165) is 12.0 Å². The van der Waals surface area contributed by atoms with Gasteiger partial charge in [0.1, 0.15) is 5.54 Å². The molecule has 1 saturated heterocycles. The van der Waals surface area contributed by atoms with Crippen molar-refractivity contribution in [3.8, 4) is 0 Å². The van der Waals surface area contributed by atoms with Gasteiger partial charge in [0.05, 0.1) is 19.4 Å². The highest BCUT2D eigenvalue weighted by atomic mass is 16.2. The van der Waals surface area contributed by atoms with Crippen molar-refractivity contribution in [2.45, 2.75) is 58.7 Å². The molecule has 1 saturated carbocycles. The Morgan fingerprint density at radius 2 is 1.90 bits per heavy atom. The van der Waals surface area contributed by atoms with Crippen molar-refractivity contribution in [3.63, 3.8) is 0 Å². The van der Waals surface area contributed by atoms with Crippen molar-refractivity contribution >= 4 is 11.9 Å². The summed E-state index contributed by atoms with van der Waals surface area (Å²) >= 11 is 0. The Labute approximate surface area is 184 Å². The van der Waals surface area contributed by atoms with Gasteiger partial charge in [0.15, 0.2) is 0 Å². The fourth-order valence-corrected chi connectivity index (χ4v) is 5.58. The number of carbonyl (C=O) groups is 2. The second-order valence-corrected chi connectivity index (χ2v) is 10.3. The van der Waals surface area contributed by atoms with Gasteiger partial charge in [-0.15, -0.1) is 0 Å². The SMILES string of the molecule is C[C@H]1CC(C)(C)C[C@@]2(C1)NC(=O)N(CN(C)Cc1cnn(Cc3ccccc3)c1)C2=O. The van der Waals surface area contributed by atoms with Crippen LogP contribution in [0.25, 0.3) is 0 Å². The fourth-order valence-electron chi connectivity index (χ4n) is 5.58. The molecule has 3 amide bonds. The first-order valence-corrected chi connectivity index (χ1v) is 11.0. The predicted molar refractivity (Wildman–Crippen MR) is 119 cm³/mol. The first kappa shape index (κ1) is 21.6. The van der Waals surface area contributed by atoms with Crippen LogP contribution in [0.15, 0.2) is 42.7 Å².